The number of anilines is 1. The van der Waals surface area contributed by atoms with E-state index in [1.807, 2.05) is 32.0 Å². The highest BCUT2D eigenvalue weighted by Crippen LogP contribution is 2.28. The Kier molecular flexibility index (Phi) is 6.25. The third kappa shape index (κ3) is 4.65. The van der Waals surface area contributed by atoms with Crippen molar-refractivity contribution in [2.24, 2.45) is 5.92 Å². The Morgan fingerprint density at radius 1 is 1.14 bits per heavy atom. The molecule has 3 rings (SSSR count). The van der Waals surface area contributed by atoms with Crippen LogP contribution in [0.2, 0.25) is 5.02 Å². The highest BCUT2D eigenvalue weighted by Gasteiger charge is 2.29. The molecule has 0 radical (unpaired) electrons. The predicted molar refractivity (Wildman–Crippen MR) is 111 cm³/mol. The number of benzene rings is 2. The summed E-state index contributed by atoms with van der Waals surface area (Å²) in [4.78, 5) is 27.4. The number of likely N-dealkylation sites (tertiary alicyclic amines) is 1. The van der Waals surface area contributed by atoms with E-state index < -0.39 is 0 Å². The molecule has 1 atom stereocenters. The smallest absolute Gasteiger partial charge is 0.253 e. The van der Waals surface area contributed by atoms with Crippen LogP contribution in [-0.2, 0) is 4.79 Å². The summed E-state index contributed by atoms with van der Waals surface area (Å²) in [5.41, 5.74) is 3.42. The number of carbonyl (C=O) groups excluding carboxylic acids is 2. The molecule has 2 aromatic rings. The first-order chi connectivity index (χ1) is 13.4. The summed E-state index contributed by atoms with van der Waals surface area (Å²) in [5.74, 6) is 0.197. The number of methoxy groups -OCH3 is 1. The van der Waals surface area contributed by atoms with Gasteiger partial charge in [-0.25, -0.2) is 0 Å². The number of hydrogen-bond acceptors (Lipinski definition) is 3. The molecule has 2 amide bonds. The van der Waals surface area contributed by atoms with E-state index in [1.54, 1.807) is 30.2 Å². The second-order valence-electron chi connectivity index (χ2n) is 7.31. The van der Waals surface area contributed by atoms with E-state index in [2.05, 4.69) is 5.32 Å². The first-order valence-electron chi connectivity index (χ1n) is 9.39. The summed E-state index contributed by atoms with van der Waals surface area (Å²) in [6, 6.07) is 11.0. The molecule has 1 heterocycles. The fourth-order valence-corrected chi connectivity index (χ4v) is 3.90. The van der Waals surface area contributed by atoms with Crippen molar-refractivity contribution >= 4 is 29.1 Å². The Hall–Kier alpha value is -2.53. The van der Waals surface area contributed by atoms with Crippen LogP contribution in [0.3, 0.4) is 0 Å². The van der Waals surface area contributed by atoms with Gasteiger partial charge in [0.1, 0.15) is 5.75 Å². The van der Waals surface area contributed by atoms with Crippen LogP contribution in [0.25, 0.3) is 0 Å². The number of amides is 2. The number of halogens is 1. The van der Waals surface area contributed by atoms with E-state index >= 15 is 0 Å². The van der Waals surface area contributed by atoms with Crippen LogP contribution in [0.1, 0.15) is 34.3 Å². The van der Waals surface area contributed by atoms with E-state index in [4.69, 9.17) is 16.3 Å². The summed E-state index contributed by atoms with van der Waals surface area (Å²) in [5, 5.41) is 3.34. The normalized spacial score (nSPS) is 16.6. The third-order valence-corrected chi connectivity index (χ3v) is 5.26. The molecule has 0 spiro atoms. The molecule has 1 aliphatic rings. The maximum absolute atomic E-state index is 12.9. The summed E-state index contributed by atoms with van der Waals surface area (Å²) in [7, 11) is 1.54. The Balaban J connectivity index is 1.67. The van der Waals surface area contributed by atoms with Crippen LogP contribution in [0, 0.1) is 19.8 Å². The van der Waals surface area contributed by atoms with Gasteiger partial charge < -0.3 is 15.0 Å². The van der Waals surface area contributed by atoms with Crippen molar-refractivity contribution in [3.8, 4) is 5.75 Å². The van der Waals surface area contributed by atoms with Gasteiger partial charge in [0.25, 0.3) is 5.91 Å². The molecule has 0 saturated carbocycles. The van der Waals surface area contributed by atoms with E-state index in [9.17, 15) is 9.59 Å². The summed E-state index contributed by atoms with van der Waals surface area (Å²) >= 11 is 6.13. The van der Waals surface area contributed by atoms with Crippen molar-refractivity contribution in [1.82, 2.24) is 4.90 Å². The Labute approximate surface area is 170 Å². The zero-order valence-corrected chi connectivity index (χ0v) is 17.2. The second kappa shape index (κ2) is 8.65. The topological polar surface area (TPSA) is 58.6 Å². The van der Waals surface area contributed by atoms with E-state index in [0.717, 1.165) is 24.0 Å². The Bertz CT molecular complexity index is 877. The van der Waals surface area contributed by atoms with Gasteiger partial charge in [0.15, 0.2) is 0 Å². The highest BCUT2D eigenvalue weighted by atomic mass is 35.5. The molecule has 28 heavy (non-hydrogen) atoms. The molecule has 2 aromatic carbocycles. The minimum absolute atomic E-state index is 0.0169. The summed E-state index contributed by atoms with van der Waals surface area (Å²) in [6.45, 7) is 5.05. The lowest BCUT2D eigenvalue weighted by molar-refractivity contribution is -0.121. The van der Waals surface area contributed by atoms with Crippen LogP contribution < -0.4 is 10.1 Å². The van der Waals surface area contributed by atoms with Crippen molar-refractivity contribution in [2.45, 2.75) is 26.7 Å². The van der Waals surface area contributed by atoms with Crippen molar-refractivity contribution in [3.63, 3.8) is 0 Å². The molecule has 0 aromatic heterocycles. The van der Waals surface area contributed by atoms with Gasteiger partial charge in [0.05, 0.1) is 18.1 Å². The van der Waals surface area contributed by atoms with Crippen LogP contribution in [0.15, 0.2) is 36.4 Å². The molecule has 1 saturated heterocycles. The summed E-state index contributed by atoms with van der Waals surface area (Å²) < 4.78 is 5.13. The SMILES string of the molecule is COc1ccc(NC(=O)[C@H]2CCCN(C(=O)c3cc(C)cc(C)c3)C2)cc1Cl. The van der Waals surface area contributed by atoms with Crippen LogP contribution in [0.4, 0.5) is 5.69 Å². The number of ether oxygens (including phenoxy) is 1. The maximum Gasteiger partial charge on any atom is 0.253 e. The fraction of sp³-hybridized carbons (Fsp3) is 0.364. The lowest BCUT2D eigenvalue weighted by atomic mass is 9.96. The van der Waals surface area contributed by atoms with Crippen molar-refractivity contribution < 1.29 is 14.3 Å². The second-order valence-corrected chi connectivity index (χ2v) is 7.71. The Morgan fingerprint density at radius 2 is 1.86 bits per heavy atom. The molecule has 0 bridgehead atoms. The van der Waals surface area contributed by atoms with Gasteiger partial charge >= 0.3 is 0 Å². The minimum atomic E-state index is -0.246. The van der Waals surface area contributed by atoms with E-state index in [1.165, 1.54) is 0 Å². The van der Waals surface area contributed by atoms with Crippen molar-refractivity contribution in [3.05, 3.63) is 58.1 Å². The molecule has 1 fully saturated rings. The quantitative estimate of drug-likeness (QED) is 0.824. The molecule has 6 heteroatoms. The van der Waals surface area contributed by atoms with Crippen LogP contribution >= 0.6 is 11.6 Å². The fourth-order valence-electron chi connectivity index (χ4n) is 3.64. The molecule has 0 unspecified atom stereocenters. The number of nitrogens with zero attached hydrogens (tertiary/aromatic N) is 1. The maximum atomic E-state index is 12.9. The molecular weight excluding hydrogens is 376 g/mol. The standard InChI is InChI=1S/C22H25ClN2O3/c1-14-9-15(2)11-17(10-14)22(27)25-8-4-5-16(13-25)21(26)24-18-6-7-20(28-3)19(23)12-18/h6-7,9-12,16H,4-5,8,13H2,1-3H3,(H,24,26)/t16-/m0/s1. The number of carbonyl (C=O) groups is 2. The number of aryl methyl sites for hydroxylation is 2. The number of hydrogen-bond donors (Lipinski definition) is 1. The monoisotopic (exact) mass is 400 g/mol. The molecule has 1 aliphatic heterocycles. The van der Waals surface area contributed by atoms with Gasteiger partial charge in [-0.05, 0) is 57.0 Å². The number of piperidine rings is 1. The van der Waals surface area contributed by atoms with Gasteiger partial charge in [-0.3, -0.25) is 9.59 Å². The average Bonchev–Trinajstić information content (AvgIpc) is 2.67. The van der Waals surface area contributed by atoms with Gasteiger partial charge in [-0.1, -0.05) is 28.8 Å². The zero-order chi connectivity index (χ0) is 20.3. The Morgan fingerprint density at radius 3 is 2.50 bits per heavy atom. The molecule has 5 nitrogen and oxygen atoms in total. The van der Waals surface area contributed by atoms with Crippen molar-refractivity contribution in [2.75, 3.05) is 25.5 Å². The molecule has 148 valence electrons. The van der Waals surface area contributed by atoms with Crippen LogP contribution in [-0.4, -0.2) is 36.9 Å². The zero-order valence-electron chi connectivity index (χ0n) is 16.4. The minimum Gasteiger partial charge on any atom is -0.495 e. The molecule has 1 N–H and O–H groups in total. The largest absolute Gasteiger partial charge is 0.495 e. The van der Waals surface area contributed by atoms with Crippen LogP contribution in [0.5, 0.6) is 5.75 Å². The predicted octanol–water partition coefficient (Wildman–Crippen LogP) is 4.46. The first-order valence-corrected chi connectivity index (χ1v) is 9.77. The summed E-state index contributed by atoms with van der Waals surface area (Å²) in [6.07, 6.45) is 1.56. The van der Waals surface area contributed by atoms with Crippen molar-refractivity contribution in [1.29, 1.82) is 0 Å². The van der Waals surface area contributed by atoms with Gasteiger partial charge in [-0.15, -0.1) is 0 Å². The number of rotatable bonds is 4. The van der Waals surface area contributed by atoms with E-state index in [0.29, 0.717) is 35.1 Å². The molecular formula is C22H25ClN2O3. The van der Waals surface area contributed by atoms with Gasteiger partial charge in [0.2, 0.25) is 5.91 Å². The lowest BCUT2D eigenvalue weighted by Crippen LogP contribution is -2.43. The molecule has 0 aliphatic carbocycles. The average molecular weight is 401 g/mol. The number of nitrogens with one attached hydrogen (secondary N) is 1. The third-order valence-electron chi connectivity index (χ3n) is 4.97. The first kappa shape index (κ1) is 20.2. The van der Waals surface area contributed by atoms with E-state index in [-0.39, 0.29) is 17.7 Å². The van der Waals surface area contributed by atoms with Gasteiger partial charge in [-0.2, -0.15) is 0 Å². The lowest BCUT2D eigenvalue weighted by Gasteiger charge is -2.32. The van der Waals surface area contributed by atoms with Gasteiger partial charge in [0, 0.05) is 24.3 Å². The highest BCUT2D eigenvalue weighted by molar-refractivity contribution is 6.32.